The van der Waals surface area contributed by atoms with Crippen molar-refractivity contribution in [1.29, 1.82) is 5.26 Å². The standard InChI is InChI=1S/C18H19ClN4O2/c1-10-6-12(4-5-25-10)23-17-13-7-11(8-20)2-3-15(13)22-9-14(17)16(19)18(21)24/h2-3,7,9-10,12,16H,4-6H2,1H3,(H2,21,24)(H,22,23)/t10-,12-,16?/m1/s1. The molecular weight excluding hydrogens is 340 g/mol. The summed E-state index contributed by atoms with van der Waals surface area (Å²) in [6, 6.07) is 7.55. The minimum Gasteiger partial charge on any atom is -0.381 e. The highest BCUT2D eigenvalue weighted by atomic mass is 35.5. The van der Waals surface area contributed by atoms with Crippen LogP contribution in [-0.2, 0) is 9.53 Å². The van der Waals surface area contributed by atoms with Crippen LogP contribution in [0.25, 0.3) is 10.9 Å². The molecule has 0 spiro atoms. The Morgan fingerprint density at radius 2 is 2.36 bits per heavy atom. The number of benzene rings is 1. The molecule has 3 atom stereocenters. The number of hydrogen-bond donors (Lipinski definition) is 2. The lowest BCUT2D eigenvalue weighted by molar-refractivity contribution is -0.117. The molecule has 1 aliphatic heterocycles. The number of anilines is 1. The molecule has 1 amide bonds. The van der Waals surface area contributed by atoms with Crippen LogP contribution in [0, 0.1) is 11.3 Å². The normalized spacial score (nSPS) is 21.5. The number of hydrogen-bond acceptors (Lipinski definition) is 5. The lowest BCUT2D eigenvalue weighted by Gasteiger charge is -2.30. The summed E-state index contributed by atoms with van der Waals surface area (Å²) < 4.78 is 5.59. The van der Waals surface area contributed by atoms with E-state index >= 15 is 0 Å². The molecule has 1 aromatic carbocycles. The zero-order valence-electron chi connectivity index (χ0n) is 13.8. The molecule has 0 bridgehead atoms. The van der Waals surface area contributed by atoms with E-state index in [-0.39, 0.29) is 12.1 Å². The molecule has 3 rings (SSSR count). The van der Waals surface area contributed by atoms with Crippen molar-refractivity contribution < 1.29 is 9.53 Å². The van der Waals surface area contributed by atoms with E-state index in [1.54, 1.807) is 24.4 Å². The lowest BCUT2D eigenvalue weighted by Crippen LogP contribution is -2.33. The number of ether oxygens (including phenoxy) is 1. The largest absolute Gasteiger partial charge is 0.381 e. The number of amides is 1. The summed E-state index contributed by atoms with van der Waals surface area (Å²) in [5.74, 6) is -0.636. The van der Waals surface area contributed by atoms with Crippen molar-refractivity contribution in [3.8, 4) is 6.07 Å². The monoisotopic (exact) mass is 358 g/mol. The molecule has 1 saturated heterocycles. The van der Waals surface area contributed by atoms with Gasteiger partial charge in [0.2, 0.25) is 5.91 Å². The fourth-order valence-corrected chi connectivity index (χ4v) is 3.28. The Morgan fingerprint density at radius 3 is 3.04 bits per heavy atom. The molecule has 25 heavy (non-hydrogen) atoms. The highest BCUT2D eigenvalue weighted by Gasteiger charge is 2.25. The topological polar surface area (TPSA) is 101 Å². The Balaban J connectivity index is 2.11. The SMILES string of the molecule is C[C@@H]1C[C@H](Nc2c(C(Cl)C(N)=O)cnc3ccc(C#N)cc23)CCO1. The minimum atomic E-state index is -0.998. The molecule has 130 valence electrons. The maximum absolute atomic E-state index is 11.6. The molecule has 1 unspecified atom stereocenters. The average Bonchev–Trinajstić information content (AvgIpc) is 2.61. The number of pyridine rings is 1. The first-order valence-electron chi connectivity index (χ1n) is 8.14. The van der Waals surface area contributed by atoms with Crippen LogP contribution >= 0.6 is 11.6 Å². The Bertz CT molecular complexity index is 849. The van der Waals surface area contributed by atoms with E-state index in [4.69, 9.17) is 22.1 Å². The van der Waals surface area contributed by atoms with Crippen molar-refractivity contribution in [2.45, 2.75) is 37.3 Å². The van der Waals surface area contributed by atoms with Crippen molar-refractivity contribution in [1.82, 2.24) is 4.98 Å². The number of carbonyl (C=O) groups is 1. The average molecular weight is 359 g/mol. The number of nitrogens with two attached hydrogens (primary N) is 1. The molecule has 2 heterocycles. The molecule has 6 nitrogen and oxygen atoms in total. The Hall–Kier alpha value is -2.36. The van der Waals surface area contributed by atoms with Crippen LogP contribution in [0.4, 0.5) is 5.69 Å². The summed E-state index contributed by atoms with van der Waals surface area (Å²) in [4.78, 5) is 16.0. The van der Waals surface area contributed by atoms with Crippen LogP contribution < -0.4 is 11.1 Å². The van der Waals surface area contributed by atoms with Gasteiger partial charge in [0, 0.05) is 29.8 Å². The van der Waals surface area contributed by atoms with Gasteiger partial charge in [-0.15, -0.1) is 11.6 Å². The number of halogens is 1. The third-order valence-corrected chi connectivity index (χ3v) is 4.83. The predicted octanol–water partition coefficient (Wildman–Crippen LogP) is 2.85. The van der Waals surface area contributed by atoms with Gasteiger partial charge in [-0.25, -0.2) is 0 Å². The quantitative estimate of drug-likeness (QED) is 0.818. The van der Waals surface area contributed by atoms with E-state index in [2.05, 4.69) is 16.4 Å². The third kappa shape index (κ3) is 3.68. The summed E-state index contributed by atoms with van der Waals surface area (Å²) >= 11 is 6.22. The molecule has 7 heteroatoms. The number of rotatable bonds is 4. The van der Waals surface area contributed by atoms with Gasteiger partial charge in [0.1, 0.15) is 5.38 Å². The fourth-order valence-electron chi connectivity index (χ4n) is 3.12. The molecule has 0 aliphatic carbocycles. The van der Waals surface area contributed by atoms with E-state index in [1.807, 2.05) is 6.92 Å². The van der Waals surface area contributed by atoms with E-state index in [0.717, 1.165) is 23.7 Å². The zero-order chi connectivity index (χ0) is 18.0. The summed E-state index contributed by atoms with van der Waals surface area (Å²) in [6.45, 7) is 2.70. The maximum atomic E-state index is 11.6. The van der Waals surface area contributed by atoms with Gasteiger partial charge < -0.3 is 15.8 Å². The molecule has 2 aromatic rings. The number of alkyl halides is 1. The van der Waals surface area contributed by atoms with Crippen LogP contribution in [0.2, 0.25) is 0 Å². The maximum Gasteiger partial charge on any atom is 0.240 e. The van der Waals surface area contributed by atoms with Crippen LogP contribution in [0.5, 0.6) is 0 Å². The number of nitrogens with one attached hydrogen (secondary N) is 1. The van der Waals surface area contributed by atoms with Crippen molar-refractivity contribution in [3.05, 3.63) is 35.5 Å². The first-order chi connectivity index (χ1) is 12.0. The number of aromatic nitrogens is 1. The molecule has 0 radical (unpaired) electrons. The smallest absolute Gasteiger partial charge is 0.240 e. The van der Waals surface area contributed by atoms with Crippen molar-refractivity contribution >= 4 is 34.1 Å². The summed E-state index contributed by atoms with van der Waals surface area (Å²) in [5, 5.41) is 12.4. The molecule has 1 aromatic heterocycles. The number of primary amides is 1. The van der Waals surface area contributed by atoms with Gasteiger partial charge in [0.25, 0.3) is 0 Å². The molecular formula is C18H19ClN4O2. The number of fused-ring (bicyclic) bond motifs is 1. The van der Waals surface area contributed by atoms with Gasteiger partial charge in [-0.05, 0) is 38.0 Å². The van der Waals surface area contributed by atoms with Gasteiger partial charge in [-0.2, -0.15) is 5.26 Å². The van der Waals surface area contributed by atoms with Gasteiger partial charge in [-0.3, -0.25) is 9.78 Å². The summed E-state index contributed by atoms with van der Waals surface area (Å²) in [6.07, 6.45) is 3.40. The van der Waals surface area contributed by atoms with E-state index in [1.165, 1.54) is 0 Å². The first-order valence-corrected chi connectivity index (χ1v) is 8.57. The summed E-state index contributed by atoms with van der Waals surface area (Å²) in [7, 11) is 0. The van der Waals surface area contributed by atoms with Gasteiger partial charge in [0.15, 0.2) is 0 Å². The second-order valence-electron chi connectivity index (χ2n) is 6.24. The predicted molar refractivity (Wildman–Crippen MR) is 96.3 cm³/mol. The van der Waals surface area contributed by atoms with E-state index in [0.29, 0.717) is 23.4 Å². The minimum absolute atomic E-state index is 0.153. The second kappa shape index (κ2) is 7.26. The van der Waals surface area contributed by atoms with Crippen LogP contribution in [0.1, 0.15) is 36.3 Å². The molecule has 1 fully saturated rings. The molecule has 3 N–H and O–H groups in total. The molecule has 1 aliphatic rings. The van der Waals surface area contributed by atoms with Crippen LogP contribution in [-0.4, -0.2) is 29.6 Å². The van der Waals surface area contributed by atoms with Crippen LogP contribution in [0.15, 0.2) is 24.4 Å². The van der Waals surface area contributed by atoms with Gasteiger partial charge in [-0.1, -0.05) is 0 Å². The van der Waals surface area contributed by atoms with Gasteiger partial charge >= 0.3 is 0 Å². The van der Waals surface area contributed by atoms with Crippen molar-refractivity contribution in [2.75, 3.05) is 11.9 Å². The Morgan fingerprint density at radius 1 is 1.56 bits per heavy atom. The summed E-state index contributed by atoms with van der Waals surface area (Å²) in [5.41, 5.74) is 7.86. The number of nitrogens with zero attached hydrogens (tertiary/aromatic N) is 2. The van der Waals surface area contributed by atoms with E-state index < -0.39 is 11.3 Å². The highest BCUT2D eigenvalue weighted by Crippen LogP contribution is 2.35. The van der Waals surface area contributed by atoms with Crippen molar-refractivity contribution in [3.63, 3.8) is 0 Å². The Labute approximate surface area is 150 Å². The lowest BCUT2D eigenvalue weighted by atomic mass is 10.00. The first kappa shape index (κ1) is 17.5. The zero-order valence-corrected chi connectivity index (χ0v) is 14.6. The number of carbonyl (C=O) groups excluding carboxylic acids is 1. The third-order valence-electron chi connectivity index (χ3n) is 4.38. The highest BCUT2D eigenvalue weighted by molar-refractivity contribution is 6.31. The fraction of sp³-hybridized carbons (Fsp3) is 0.389. The van der Waals surface area contributed by atoms with Gasteiger partial charge in [0.05, 0.1) is 28.9 Å². The van der Waals surface area contributed by atoms with Crippen LogP contribution in [0.3, 0.4) is 0 Å². The second-order valence-corrected chi connectivity index (χ2v) is 6.68. The molecule has 0 saturated carbocycles. The van der Waals surface area contributed by atoms with Crippen molar-refractivity contribution in [2.24, 2.45) is 5.73 Å². The van der Waals surface area contributed by atoms with E-state index in [9.17, 15) is 10.1 Å². The Kier molecular flexibility index (Phi) is 5.07. The number of nitriles is 1.